The minimum atomic E-state index is -4.96. The number of aliphatic hydroxyl groups is 1. The number of aliphatic hydroxyl groups excluding tert-OH is 1. The van der Waals surface area contributed by atoms with Gasteiger partial charge in [-0.1, -0.05) is 369 Å². The number of rotatable bonds is 79. The lowest BCUT2D eigenvalue weighted by Gasteiger charge is -2.21. The van der Waals surface area contributed by atoms with Crippen LogP contribution in [0, 0.1) is 5.92 Å². The molecule has 0 rings (SSSR count). The summed E-state index contributed by atoms with van der Waals surface area (Å²) in [5, 5.41) is 10.6. The molecule has 582 valence electrons. The quantitative estimate of drug-likeness (QED) is 0.0222. The molecule has 98 heavy (non-hydrogen) atoms. The van der Waals surface area contributed by atoms with Crippen molar-refractivity contribution in [3.63, 3.8) is 0 Å². The van der Waals surface area contributed by atoms with E-state index in [9.17, 15) is 43.2 Å². The van der Waals surface area contributed by atoms with Gasteiger partial charge in [0.25, 0.3) is 0 Å². The van der Waals surface area contributed by atoms with Crippen LogP contribution in [-0.4, -0.2) is 96.7 Å². The normalized spacial score (nSPS) is 13.9. The molecular weight excluding hydrogens is 1280 g/mol. The highest BCUT2D eigenvalue weighted by Gasteiger charge is 2.30. The number of phosphoric ester groups is 2. The molecule has 0 aromatic rings. The van der Waals surface area contributed by atoms with Gasteiger partial charge in [-0.25, -0.2) is 9.13 Å². The first-order valence-electron chi connectivity index (χ1n) is 41.1. The third kappa shape index (κ3) is 72.4. The number of phosphoric acid groups is 2. The first-order chi connectivity index (χ1) is 47.5. The van der Waals surface area contributed by atoms with Crippen LogP contribution >= 0.6 is 15.6 Å². The van der Waals surface area contributed by atoms with Gasteiger partial charge in [0.2, 0.25) is 0 Å². The van der Waals surface area contributed by atoms with Crippen LogP contribution < -0.4 is 0 Å². The van der Waals surface area contributed by atoms with Crippen LogP contribution in [0.5, 0.6) is 0 Å². The van der Waals surface area contributed by atoms with Crippen molar-refractivity contribution in [2.24, 2.45) is 5.92 Å². The topological polar surface area (TPSA) is 237 Å². The van der Waals surface area contributed by atoms with Crippen LogP contribution in [0.15, 0.2) is 0 Å². The first kappa shape index (κ1) is 96.1. The van der Waals surface area contributed by atoms with E-state index in [2.05, 4.69) is 34.6 Å². The summed E-state index contributed by atoms with van der Waals surface area (Å²) in [7, 11) is -9.92. The second-order valence-corrected chi connectivity index (χ2v) is 31.8. The summed E-state index contributed by atoms with van der Waals surface area (Å²) >= 11 is 0. The van der Waals surface area contributed by atoms with E-state index in [1.54, 1.807) is 0 Å². The fraction of sp³-hybridized carbons (Fsp3) is 0.949. The second-order valence-electron chi connectivity index (χ2n) is 28.9. The van der Waals surface area contributed by atoms with Crippen LogP contribution in [0.3, 0.4) is 0 Å². The van der Waals surface area contributed by atoms with Gasteiger partial charge in [-0.3, -0.25) is 37.3 Å². The molecule has 0 fully saturated rings. The molecular formula is C79H154O17P2. The molecule has 0 radical (unpaired) electrons. The Morgan fingerprint density at radius 1 is 0.276 bits per heavy atom. The molecule has 0 aromatic carbocycles. The molecule has 0 bridgehead atoms. The fourth-order valence-electron chi connectivity index (χ4n) is 12.2. The van der Waals surface area contributed by atoms with E-state index in [0.717, 1.165) is 95.8 Å². The van der Waals surface area contributed by atoms with Gasteiger partial charge in [-0.15, -0.1) is 0 Å². The lowest BCUT2D eigenvalue weighted by Crippen LogP contribution is -2.30. The largest absolute Gasteiger partial charge is 0.472 e. The Morgan fingerprint density at radius 2 is 0.469 bits per heavy atom. The van der Waals surface area contributed by atoms with Crippen molar-refractivity contribution in [3.05, 3.63) is 0 Å². The predicted molar refractivity (Wildman–Crippen MR) is 400 cm³/mol. The maximum atomic E-state index is 13.1. The molecule has 0 aliphatic heterocycles. The van der Waals surface area contributed by atoms with Crippen molar-refractivity contribution in [2.45, 2.75) is 438 Å². The highest BCUT2D eigenvalue weighted by Crippen LogP contribution is 2.45. The Kier molecular flexibility index (Phi) is 70.6. The third-order valence-corrected chi connectivity index (χ3v) is 20.4. The van der Waals surface area contributed by atoms with Gasteiger partial charge in [0, 0.05) is 25.7 Å². The van der Waals surface area contributed by atoms with Crippen LogP contribution in [0.4, 0.5) is 0 Å². The standard InChI is InChI=1S/C79H154O17P2/c1-6-9-12-15-18-21-24-27-29-31-33-35-38-44-49-54-59-64-78(83)95-74(68-90-77(82)63-58-53-48-43-37-34-32-30-28-25-22-19-16-13-10-7-2)70-93-97(85,86)91-66-73(80)67-92-98(87,88)94-71-75(69-89-76(81)62-57-52-47-42-36-26-23-20-17-14-11-8-3)96-79(84)65-60-55-50-45-40-39-41-46-51-56-61-72(4)5/h72-75,80H,6-71H2,1-5H3,(H,85,86)(H,87,88)/t73-,74-,75-/m1/s1. The van der Waals surface area contributed by atoms with Crippen LogP contribution in [0.25, 0.3) is 0 Å². The average molecular weight is 1440 g/mol. The first-order valence-corrected chi connectivity index (χ1v) is 44.1. The van der Waals surface area contributed by atoms with Crippen molar-refractivity contribution >= 4 is 39.5 Å². The van der Waals surface area contributed by atoms with Gasteiger partial charge in [-0.05, 0) is 31.6 Å². The number of hydrogen-bond acceptors (Lipinski definition) is 15. The molecule has 0 heterocycles. The van der Waals surface area contributed by atoms with E-state index in [0.29, 0.717) is 25.7 Å². The van der Waals surface area contributed by atoms with Gasteiger partial charge < -0.3 is 33.8 Å². The summed E-state index contributed by atoms with van der Waals surface area (Å²) in [4.78, 5) is 73.0. The lowest BCUT2D eigenvalue weighted by molar-refractivity contribution is -0.161. The smallest absolute Gasteiger partial charge is 0.462 e. The zero-order valence-electron chi connectivity index (χ0n) is 63.9. The lowest BCUT2D eigenvalue weighted by atomic mass is 10.0. The van der Waals surface area contributed by atoms with E-state index in [1.807, 2.05) is 0 Å². The van der Waals surface area contributed by atoms with E-state index in [1.165, 1.54) is 244 Å². The van der Waals surface area contributed by atoms with Crippen LogP contribution in [-0.2, 0) is 65.4 Å². The van der Waals surface area contributed by atoms with Crippen molar-refractivity contribution in [2.75, 3.05) is 39.6 Å². The van der Waals surface area contributed by atoms with Crippen molar-refractivity contribution in [1.82, 2.24) is 0 Å². The summed E-state index contributed by atoms with van der Waals surface area (Å²) < 4.78 is 68.7. The van der Waals surface area contributed by atoms with Crippen molar-refractivity contribution in [3.8, 4) is 0 Å². The molecule has 17 nitrogen and oxygen atoms in total. The molecule has 0 saturated heterocycles. The van der Waals surface area contributed by atoms with Crippen molar-refractivity contribution < 1.29 is 80.2 Å². The zero-order valence-corrected chi connectivity index (χ0v) is 65.7. The summed E-state index contributed by atoms with van der Waals surface area (Å²) in [6.07, 6.45) is 62.3. The molecule has 0 aliphatic carbocycles. The minimum absolute atomic E-state index is 0.107. The molecule has 0 saturated carbocycles. The highest BCUT2D eigenvalue weighted by atomic mass is 31.2. The van der Waals surface area contributed by atoms with E-state index in [4.69, 9.17) is 37.0 Å². The average Bonchev–Trinajstić information content (AvgIpc) is 1.12. The van der Waals surface area contributed by atoms with Crippen LogP contribution in [0.1, 0.15) is 420 Å². The Labute approximate surface area is 600 Å². The maximum Gasteiger partial charge on any atom is 0.472 e. The highest BCUT2D eigenvalue weighted by molar-refractivity contribution is 7.47. The van der Waals surface area contributed by atoms with Crippen LogP contribution in [0.2, 0.25) is 0 Å². The number of carbonyl (C=O) groups is 4. The summed E-state index contributed by atoms with van der Waals surface area (Å²) in [6.45, 7) is 7.31. The summed E-state index contributed by atoms with van der Waals surface area (Å²) in [6, 6.07) is 0. The Morgan fingerprint density at radius 3 is 0.694 bits per heavy atom. The molecule has 2 unspecified atom stereocenters. The number of hydrogen-bond donors (Lipinski definition) is 3. The number of esters is 4. The summed E-state index contributed by atoms with van der Waals surface area (Å²) in [5.74, 6) is -1.35. The Bertz CT molecular complexity index is 1870. The molecule has 0 amide bonds. The van der Waals surface area contributed by atoms with Gasteiger partial charge >= 0.3 is 39.5 Å². The number of unbranched alkanes of at least 4 members (excludes halogenated alkanes) is 51. The predicted octanol–water partition coefficient (Wildman–Crippen LogP) is 23.6. The monoisotopic (exact) mass is 1440 g/mol. The SMILES string of the molecule is CCCCCCCCCCCCCCCCCCCC(=O)O[C@H](COC(=O)CCCCCCCCCCCCCCCCCC)COP(=O)(O)OC[C@@H](O)COP(=O)(O)OC[C@@H](COC(=O)CCCCCCCCCCCCCC)OC(=O)CCCCCCCCCCCCC(C)C. The van der Waals surface area contributed by atoms with Gasteiger partial charge in [0.1, 0.15) is 19.3 Å². The fourth-order valence-corrected chi connectivity index (χ4v) is 13.8. The number of carbonyl (C=O) groups excluding carboxylic acids is 4. The minimum Gasteiger partial charge on any atom is -0.462 e. The zero-order chi connectivity index (χ0) is 71.9. The van der Waals surface area contributed by atoms with Crippen molar-refractivity contribution in [1.29, 1.82) is 0 Å². The maximum absolute atomic E-state index is 13.1. The van der Waals surface area contributed by atoms with Gasteiger partial charge in [-0.2, -0.15) is 0 Å². The van der Waals surface area contributed by atoms with E-state index < -0.39 is 97.5 Å². The molecule has 3 N–H and O–H groups in total. The third-order valence-electron chi connectivity index (χ3n) is 18.5. The van der Waals surface area contributed by atoms with E-state index in [-0.39, 0.29) is 25.7 Å². The molecule has 0 aliphatic rings. The molecule has 0 spiro atoms. The Balaban J connectivity index is 5.26. The van der Waals surface area contributed by atoms with Gasteiger partial charge in [0.05, 0.1) is 26.4 Å². The molecule has 0 aromatic heterocycles. The Hall–Kier alpha value is -1.94. The second kappa shape index (κ2) is 72.0. The molecule has 19 heteroatoms. The number of ether oxygens (including phenoxy) is 4. The van der Waals surface area contributed by atoms with Gasteiger partial charge in [0.15, 0.2) is 12.2 Å². The van der Waals surface area contributed by atoms with E-state index >= 15 is 0 Å². The molecule has 5 atom stereocenters. The summed E-state index contributed by atoms with van der Waals surface area (Å²) in [5.41, 5.74) is 0.